The molecule has 12 fully saturated rings. The molecule has 9 saturated carbocycles. The number of aliphatic hydroxyl groups excluding tert-OH is 13. The fraction of sp³-hybridized carbons (Fsp3) is 0.964. The van der Waals surface area contributed by atoms with Gasteiger partial charge in [-0.3, -0.25) is 14.4 Å². The minimum Gasteiger partial charge on any atom is -0.465 e. The minimum atomic E-state index is -0.889. The van der Waals surface area contributed by atoms with Crippen molar-refractivity contribution < 1.29 is 95.0 Å². The Morgan fingerprint density at radius 3 is 0.912 bits per heavy atom. The molecule has 588 valence electrons. The third kappa shape index (κ3) is 14.4. The van der Waals surface area contributed by atoms with Crippen LogP contribution in [0.15, 0.2) is 0 Å². The SMILES string of the molecule is CC(C)[C@H](C)[C@@H](O)[C@H](O)[C@@H](C)C1CCC2C3COC(=O)[C@H]4C[C@H](O)[C@H](O)C[C@]4(C)C3CC[C@@]21C.CC(CO)[C@H](C)[C@@H](O)[C@H](O)[C@@H](C)C1CCC2C3COC(=O)[C@H]4C[C@H](O)[C@H](O)C[C@]4(C)C3CC[C@@]21C.CC[C@H](C)[C@@H](O)[C@H](O)[C@@H](C)C1CCC2C3COC(=O)[C@H]4C[C@H](O)[C@H](O)C[C@]4(C)C3CC[C@@]21C. The molecular formula is C83H142O19. The Kier molecular flexibility index (Phi) is 25.3. The number of fused-ring (bicyclic) bond motifs is 15. The number of ether oxygens (including phenoxy) is 3. The van der Waals surface area contributed by atoms with E-state index in [1.54, 1.807) is 0 Å². The largest absolute Gasteiger partial charge is 0.465 e. The lowest BCUT2D eigenvalue weighted by Gasteiger charge is -2.56. The number of esters is 3. The van der Waals surface area contributed by atoms with Crippen LogP contribution < -0.4 is 0 Å². The fourth-order valence-electron chi connectivity index (χ4n) is 26.8. The molecule has 3 aliphatic heterocycles. The van der Waals surface area contributed by atoms with Crippen LogP contribution in [0.5, 0.6) is 0 Å². The van der Waals surface area contributed by atoms with E-state index in [-0.39, 0.29) is 171 Å². The topological polar surface area (TPSA) is 342 Å². The standard InChI is InChI=1S/C28H48O7.C28H48O6.C27H46O6/c1-14(12-29)15(2)24(32)25(33)16(3)18-6-7-19-17-13-35-26(34)21-10-22(30)23(31)11-28(21,5)20(17)8-9-27(18,19)4;1-14(2)15(3)24(31)25(32)16(4)18-7-8-19-17-13-34-26(33)21-11-22(29)23(30)12-28(21,6)20(17)9-10-27(18,19)5;1-6-14(2)23(30)24(31)15(3)17-7-8-18-16-13-33-25(32)20-11-21(28)22(29)12-27(20,5)19(16)9-10-26(17,18)4/h14-25,29-33H,6-13H2,1-5H3;14-25,29-32H,7-13H2,1-6H3;14-24,28-31H,6-13H2,1-5H3/t14?,15-,16-,17?,18?,19?,20?,21+,22-,23+,24+,25+,27+,28+;15-,16-,17?,18?,19?,20?,21+,22-,23+,24+,25+,27+,28+;14-,15-,16?,17?,18?,19?,20+,21-,22+,23+,24+,26+,27+/m000/s1. The summed E-state index contributed by atoms with van der Waals surface area (Å²) < 4.78 is 17.6. The molecule has 19 heteroatoms. The lowest BCUT2D eigenvalue weighted by Crippen LogP contribution is -2.55. The van der Waals surface area contributed by atoms with Crippen molar-refractivity contribution in [1.29, 1.82) is 0 Å². The summed E-state index contributed by atoms with van der Waals surface area (Å²) in [5, 5.41) is 138. The van der Waals surface area contributed by atoms with E-state index in [2.05, 4.69) is 76.2 Å². The number of carbonyl (C=O) groups excluding carboxylic acids is 3. The van der Waals surface area contributed by atoms with Crippen LogP contribution in [-0.4, -0.2) is 184 Å². The maximum absolute atomic E-state index is 13.0. The summed E-state index contributed by atoms with van der Waals surface area (Å²) in [5.41, 5.74) is -1.10. The normalized spacial score (nSPS) is 48.3. The first-order valence-electron chi connectivity index (χ1n) is 40.9. The summed E-state index contributed by atoms with van der Waals surface area (Å²) in [5.74, 6) is 1.69. The molecule has 9 aliphatic carbocycles. The van der Waals surface area contributed by atoms with Crippen LogP contribution in [0.2, 0.25) is 0 Å². The molecule has 13 N–H and O–H groups in total. The van der Waals surface area contributed by atoms with E-state index < -0.39 is 78.7 Å². The van der Waals surface area contributed by atoms with Crippen molar-refractivity contribution in [1.82, 2.24) is 0 Å². The first-order valence-corrected chi connectivity index (χ1v) is 40.9. The quantitative estimate of drug-likeness (QED) is 0.0506. The zero-order valence-electron chi connectivity index (χ0n) is 65.2. The van der Waals surface area contributed by atoms with Crippen LogP contribution >= 0.6 is 0 Å². The highest BCUT2D eigenvalue weighted by molar-refractivity contribution is 5.75. The van der Waals surface area contributed by atoms with Crippen molar-refractivity contribution in [3.8, 4) is 0 Å². The molecule has 0 aromatic carbocycles. The van der Waals surface area contributed by atoms with Crippen LogP contribution in [0.3, 0.4) is 0 Å². The molecule has 0 radical (unpaired) electrons. The average molecular weight is 1440 g/mol. The molecular weight excluding hydrogens is 1300 g/mol. The first-order chi connectivity index (χ1) is 47.6. The smallest absolute Gasteiger partial charge is 0.309 e. The van der Waals surface area contributed by atoms with E-state index >= 15 is 0 Å². The summed E-state index contributed by atoms with van der Waals surface area (Å²) in [6.45, 7) is 34.9. The predicted octanol–water partition coefficient (Wildman–Crippen LogP) is 8.90. The second kappa shape index (κ2) is 31.3. The molecule has 0 bridgehead atoms. The maximum Gasteiger partial charge on any atom is 0.309 e. The van der Waals surface area contributed by atoms with Gasteiger partial charge < -0.3 is 80.6 Å². The molecule has 0 aromatic rings. The number of hydrogen-bond acceptors (Lipinski definition) is 19. The molecule has 3 saturated heterocycles. The maximum atomic E-state index is 13.0. The van der Waals surface area contributed by atoms with Gasteiger partial charge in [0.05, 0.1) is 111 Å². The van der Waals surface area contributed by atoms with E-state index in [4.69, 9.17) is 14.2 Å². The Bertz CT molecular complexity index is 2840. The number of aliphatic hydroxyl groups is 13. The van der Waals surface area contributed by atoms with Gasteiger partial charge in [0.1, 0.15) is 0 Å². The Labute approximate surface area is 611 Å². The van der Waals surface area contributed by atoms with E-state index in [1.807, 2.05) is 34.6 Å². The second-order valence-corrected chi connectivity index (χ2v) is 39.1. The van der Waals surface area contributed by atoms with Crippen LogP contribution in [-0.2, 0) is 28.6 Å². The molecule has 40 atom stereocenters. The van der Waals surface area contributed by atoms with Crippen molar-refractivity contribution >= 4 is 17.9 Å². The van der Waals surface area contributed by atoms with Gasteiger partial charge in [-0.1, -0.05) is 117 Å². The van der Waals surface area contributed by atoms with Crippen molar-refractivity contribution in [2.45, 2.75) is 306 Å². The molecule has 0 aromatic heterocycles. The van der Waals surface area contributed by atoms with Gasteiger partial charge in [-0.2, -0.15) is 0 Å². The highest BCUT2D eigenvalue weighted by Gasteiger charge is 2.67. The number of carbonyl (C=O) groups is 3. The van der Waals surface area contributed by atoms with Gasteiger partial charge in [-0.05, 0) is 266 Å². The highest BCUT2D eigenvalue weighted by atomic mass is 16.5. The van der Waals surface area contributed by atoms with Crippen LogP contribution in [0, 0.1) is 169 Å². The van der Waals surface area contributed by atoms with Crippen LogP contribution in [0.1, 0.15) is 233 Å². The Morgan fingerprint density at radius 2 is 0.637 bits per heavy atom. The molecule has 12 rings (SSSR count). The van der Waals surface area contributed by atoms with Gasteiger partial charge in [0, 0.05) is 6.61 Å². The number of hydrogen-bond donors (Lipinski definition) is 13. The molecule has 12 aliphatic rings. The Balaban J connectivity index is 0.000000165. The van der Waals surface area contributed by atoms with E-state index in [0.717, 1.165) is 83.5 Å². The Morgan fingerprint density at radius 1 is 0.363 bits per heavy atom. The first kappa shape index (κ1) is 82.4. The molecule has 0 spiro atoms. The lowest BCUT2D eigenvalue weighted by atomic mass is 9.48. The fourth-order valence-corrected chi connectivity index (χ4v) is 26.8. The second-order valence-electron chi connectivity index (χ2n) is 39.1. The zero-order valence-corrected chi connectivity index (χ0v) is 65.2. The average Bonchev–Trinajstić information content (AvgIpc) is 1.53. The van der Waals surface area contributed by atoms with Crippen molar-refractivity contribution in [2.75, 3.05) is 26.4 Å². The number of cyclic esters (lactones) is 3. The predicted molar refractivity (Wildman–Crippen MR) is 385 cm³/mol. The van der Waals surface area contributed by atoms with Gasteiger partial charge in [-0.15, -0.1) is 0 Å². The summed E-state index contributed by atoms with van der Waals surface area (Å²) in [7, 11) is 0. The molecule has 13 unspecified atom stereocenters. The molecule has 3 heterocycles. The van der Waals surface area contributed by atoms with E-state index in [9.17, 15) is 80.8 Å². The van der Waals surface area contributed by atoms with Crippen LogP contribution in [0.25, 0.3) is 0 Å². The molecule has 0 amide bonds. The lowest BCUT2D eigenvalue weighted by molar-refractivity contribution is -0.163. The van der Waals surface area contributed by atoms with Crippen LogP contribution in [0.4, 0.5) is 0 Å². The summed E-state index contributed by atoms with van der Waals surface area (Å²) in [6, 6.07) is 0. The molecule has 102 heavy (non-hydrogen) atoms. The van der Waals surface area contributed by atoms with E-state index in [0.29, 0.717) is 74.6 Å². The van der Waals surface area contributed by atoms with Gasteiger partial charge in [0.15, 0.2) is 0 Å². The number of rotatable bonds is 16. The third-order valence-electron chi connectivity index (χ3n) is 34.4. The van der Waals surface area contributed by atoms with Crippen molar-refractivity contribution in [3.63, 3.8) is 0 Å². The zero-order chi connectivity index (χ0) is 75.3. The van der Waals surface area contributed by atoms with Gasteiger partial charge >= 0.3 is 17.9 Å². The highest BCUT2D eigenvalue weighted by Crippen LogP contribution is 2.70. The van der Waals surface area contributed by atoms with Crippen molar-refractivity contribution in [2.24, 2.45) is 169 Å². The third-order valence-corrected chi connectivity index (χ3v) is 34.4. The van der Waals surface area contributed by atoms with Gasteiger partial charge in [0.2, 0.25) is 0 Å². The Hall–Kier alpha value is -2.11. The monoisotopic (exact) mass is 1440 g/mol. The summed E-state index contributed by atoms with van der Waals surface area (Å²) >= 11 is 0. The molecule has 19 nitrogen and oxygen atoms in total. The van der Waals surface area contributed by atoms with E-state index in [1.165, 1.54) is 0 Å². The summed E-state index contributed by atoms with van der Waals surface area (Å²) in [6.07, 6.45) is 5.25. The minimum absolute atomic E-state index is 0.00358. The van der Waals surface area contributed by atoms with Gasteiger partial charge in [0.25, 0.3) is 0 Å². The van der Waals surface area contributed by atoms with Gasteiger partial charge in [-0.25, -0.2) is 0 Å². The van der Waals surface area contributed by atoms with Crippen molar-refractivity contribution in [3.05, 3.63) is 0 Å². The summed E-state index contributed by atoms with van der Waals surface area (Å²) in [4.78, 5) is 39.0.